The third-order valence-electron chi connectivity index (χ3n) is 4.94. The molecule has 11 heteroatoms. The maximum absolute atomic E-state index is 12.1. The molecule has 0 radical (unpaired) electrons. The molecule has 0 aliphatic heterocycles. The number of carbonyl (C=O) groups excluding carboxylic acids is 1. The van der Waals surface area contributed by atoms with E-state index < -0.39 is 20.5 Å². The molecule has 0 aliphatic carbocycles. The van der Waals surface area contributed by atoms with Crippen molar-refractivity contribution >= 4 is 21.6 Å². The highest BCUT2D eigenvalue weighted by Crippen LogP contribution is 2.27. The maximum atomic E-state index is 12.1. The molecular formula is C18H22N6O4S. The molecule has 5 N–H and O–H groups in total. The molecule has 1 unspecified atom stereocenters. The van der Waals surface area contributed by atoms with Crippen molar-refractivity contribution in [1.82, 2.24) is 25.5 Å². The summed E-state index contributed by atoms with van der Waals surface area (Å²) < 4.78 is 23.9. The molecular weight excluding hydrogens is 396 g/mol. The second-order valence-corrected chi connectivity index (χ2v) is 9.42. The van der Waals surface area contributed by atoms with Gasteiger partial charge in [0.1, 0.15) is 5.82 Å². The highest BCUT2D eigenvalue weighted by molar-refractivity contribution is 7.92. The van der Waals surface area contributed by atoms with Crippen molar-refractivity contribution in [2.75, 3.05) is 12.0 Å². The number of nitrogens with one attached hydrogen (secondary N) is 2. The average Bonchev–Trinajstić information content (AvgIpc) is 3.33. The molecule has 1 atom stereocenters. The van der Waals surface area contributed by atoms with E-state index in [2.05, 4.69) is 15.3 Å². The molecule has 0 bridgehead atoms. The number of rotatable bonds is 7. The van der Waals surface area contributed by atoms with E-state index in [1.807, 2.05) is 24.3 Å². The minimum absolute atomic E-state index is 0.0497. The number of aromatic amines is 1. The summed E-state index contributed by atoms with van der Waals surface area (Å²) in [5.41, 5.74) is 10.4. The predicted octanol–water partition coefficient (Wildman–Crippen LogP) is 1.22. The fourth-order valence-electron chi connectivity index (χ4n) is 2.89. The summed E-state index contributed by atoms with van der Waals surface area (Å²) in [5, 5.41) is 20.0. The Morgan fingerprint density at radius 3 is 2.66 bits per heavy atom. The number of sulfone groups is 1. The number of aryl methyl sites for hydroxylation is 1. The number of carbonyl (C=O) groups is 1. The van der Waals surface area contributed by atoms with E-state index in [0.717, 1.165) is 28.6 Å². The number of nitrogen functional groups attached to an aromatic ring is 1. The van der Waals surface area contributed by atoms with Gasteiger partial charge in [-0.2, -0.15) is 10.2 Å². The van der Waals surface area contributed by atoms with E-state index in [1.165, 1.54) is 12.4 Å². The van der Waals surface area contributed by atoms with Gasteiger partial charge in [0, 0.05) is 36.2 Å². The van der Waals surface area contributed by atoms with Crippen LogP contribution in [0.2, 0.25) is 0 Å². The lowest BCUT2D eigenvalue weighted by Gasteiger charge is -2.24. The highest BCUT2D eigenvalue weighted by Gasteiger charge is 2.43. The number of nitrogens with zero attached hydrogens (tertiary/aromatic N) is 3. The van der Waals surface area contributed by atoms with Crippen molar-refractivity contribution in [2.45, 2.75) is 24.6 Å². The van der Waals surface area contributed by atoms with Crippen LogP contribution in [0.5, 0.6) is 0 Å². The van der Waals surface area contributed by atoms with Crippen LogP contribution in [0, 0.1) is 0 Å². The van der Waals surface area contributed by atoms with Gasteiger partial charge >= 0.3 is 0 Å². The number of hydrogen-bond donors (Lipinski definition) is 4. The van der Waals surface area contributed by atoms with Crippen LogP contribution in [-0.4, -0.2) is 50.5 Å². The fraction of sp³-hybridized carbons (Fsp3) is 0.278. The number of hydroxylamine groups is 1. The summed E-state index contributed by atoms with van der Waals surface area (Å²) in [6.07, 6.45) is 4.33. The van der Waals surface area contributed by atoms with Gasteiger partial charge in [-0.15, -0.1) is 0 Å². The van der Waals surface area contributed by atoms with Crippen LogP contribution >= 0.6 is 0 Å². The van der Waals surface area contributed by atoms with Gasteiger partial charge in [0.05, 0.1) is 11.9 Å². The lowest BCUT2D eigenvalue weighted by Crippen LogP contribution is -2.49. The van der Waals surface area contributed by atoms with Crippen molar-refractivity contribution in [1.29, 1.82) is 0 Å². The summed E-state index contributed by atoms with van der Waals surface area (Å²) in [4.78, 5) is 11.9. The standard InChI is InChI=1S/C18H22N6O4S/c1-18(17(25)23-26,29(2,27)28)6-7-24-11-14(10-20-24)12-4-3-5-13(8-12)15-9-16(19)22-21-15/h3-5,8-11,26H,6-7H2,1-2H3,(H,23,25)(H3,19,21,22). The summed E-state index contributed by atoms with van der Waals surface area (Å²) in [6, 6.07) is 9.39. The lowest BCUT2D eigenvalue weighted by atomic mass is 10.0. The molecule has 154 valence electrons. The molecule has 1 aromatic carbocycles. The van der Waals surface area contributed by atoms with Gasteiger partial charge in [0.15, 0.2) is 14.6 Å². The van der Waals surface area contributed by atoms with Crippen molar-refractivity contribution in [2.24, 2.45) is 0 Å². The molecule has 0 spiro atoms. The second kappa shape index (κ2) is 7.68. The SMILES string of the molecule is CC(CCn1cc(-c2cccc(-c3cc(N)[nH]n3)c2)cn1)(C(=O)NO)S(C)(=O)=O. The Morgan fingerprint density at radius 2 is 2.03 bits per heavy atom. The summed E-state index contributed by atoms with van der Waals surface area (Å²) in [5.74, 6) is -0.502. The minimum Gasteiger partial charge on any atom is -0.384 e. The molecule has 3 rings (SSSR count). The van der Waals surface area contributed by atoms with Gasteiger partial charge in [-0.05, 0) is 25.0 Å². The summed E-state index contributed by atoms with van der Waals surface area (Å²) >= 11 is 0. The lowest BCUT2D eigenvalue weighted by molar-refractivity contribution is -0.131. The number of benzene rings is 1. The first kappa shape index (κ1) is 20.6. The zero-order valence-electron chi connectivity index (χ0n) is 16.0. The number of H-pyrrole nitrogens is 1. The normalized spacial score (nSPS) is 13.8. The van der Waals surface area contributed by atoms with Gasteiger partial charge in [-0.25, -0.2) is 13.9 Å². The molecule has 0 saturated carbocycles. The van der Waals surface area contributed by atoms with E-state index in [1.54, 1.807) is 23.1 Å². The molecule has 2 heterocycles. The zero-order valence-corrected chi connectivity index (χ0v) is 16.8. The molecule has 0 fully saturated rings. The van der Waals surface area contributed by atoms with E-state index in [-0.39, 0.29) is 13.0 Å². The number of hydrogen-bond acceptors (Lipinski definition) is 7. The monoisotopic (exact) mass is 418 g/mol. The average molecular weight is 418 g/mol. The van der Waals surface area contributed by atoms with Crippen LogP contribution in [0.25, 0.3) is 22.4 Å². The highest BCUT2D eigenvalue weighted by atomic mass is 32.2. The minimum atomic E-state index is -3.76. The number of nitrogens with two attached hydrogens (primary N) is 1. The third-order valence-corrected chi connectivity index (χ3v) is 6.97. The van der Waals surface area contributed by atoms with Gasteiger partial charge < -0.3 is 5.73 Å². The van der Waals surface area contributed by atoms with Crippen molar-refractivity contribution in [3.05, 3.63) is 42.7 Å². The fourth-order valence-corrected chi connectivity index (χ4v) is 3.74. The number of aromatic nitrogens is 4. The zero-order chi connectivity index (χ0) is 21.2. The quantitative estimate of drug-likeness (QED) is 0.332. The van der Waals surface area contributed by atoms with Crippen LogP contribution in [-0.2, 0) is 21.2 Å². The predicted molar refractivity (Wildman–Crippen MR) is 107 cm³/mol. The van der Waals surface area contributed by atoms with Crippen LogP contribution in [0.4, 0.5) is 5.82 Å². The first-order valence-corrected chi connectivity index (χ1v) is 10.6. The first-order chi connectivity index (χ1) is 13.6. The number of amides is 1. The van der Waals surface area contributed by atoms with Gasteiger partial charge in [-0.1, -0.05) is 18.2 Å². The Bertz CT molecular complexity index is 1140. The van der Waals surface area contributed by atoms with Crippen LogP contribution in [0.15, 0.2) is 42.7 Å². The topological polar surface area (TPSA) is 156 Å². The number of anilines is 1. The van der Waals surface area contributed by atoms with Gasteiger partial charge in [-0.3, -0.25) is 19.8 Å². The van der Waals surface area contributed by atoms with Crippen LogP contribution < -0.4 is 11.2 Å². The Labute approximate surface area is 167 Å². The van der Waals surface area contributed by atoms with E-state index in [0.29, 0.717) is 5.82 Å². The van der Waals surface area contributed by atoms with Crippen molar-refractivity contribution in [3.8, 4) is 22.4 Å². The third kappa shape index (κ3) is 4.15. The molecule has 0 saturated heterocycles. The second-order valence-electron chi connectivity index (χ2n) is 6.98. The van der Waals surface area contributed by atoms with Gasteiger partial charge in [0.25, 0.3) is 5.91 Å². The van der Waals surface area contributed by atoms with Crippen LogP contribution in [0.1, 0.15) is 13.3 Å². The smallest absolute Gasteiger partial charge is 0.264 e. The molecule has 29 heavy (non-hydrogen) atoms. The van der Waals surface area contributed by atoms with Crippen LogP contribution in [0.3, 0.4) is 0 Å². The summed E-state index contributed by atoms with van der Waals surface area (Å²) in [7, 11) is -3.76. The molecule has 0 aliphatic rings. The largest absolute Gasteiger partial charge is 0.384 e. The Morgan fingerprint density at radius 1 is 1.31 bits per heavy atom. The molecule has 10 nitrogen and oxygen atoms in total. The Balaban J connectivity index is 1.80. The van der Waals surface area contributed by atoms with Crippen molar-refractivity contribution < 1.29 is 18.4 Å². The molecule has 2 aromatic heterocycles. The Kier molecular flexibility index (Phi) is 5.44. The van der Waals surface area contributed by atoms with E-state index in [4.69, 9.17) is 10.9 Å². The van der Waals surface area contributed by atoms with E-state index in [9.17, 15) is 13.2 Å². The Hall–Kier alpha value is -3.18. The first-order valence-electron chi connectivity index (χ1n) is 8.72. The van der Waals surface area contributed by atoms with Gasteiger partial charge in [0.2, 0.25) is 0 Å². The molecule has 1 amide bonds. The molecule has 3 aromatic rings. The maximum Gasteiger partial charge on any atom is 0.264 e. The van der Waals surface area contributed by atoms with Crippen molar-refractivity contribution in [3.63, 3.8) is 0 Å². The van der Waals surface area contributed by atoms with E-state index >= 15 is 0 Å². The summed E-state index contributed by atoms with van der Waals surface area (Å²) in [6.45, 7) is 1.45.